The third-order valence-corrected chi connectivity index (χ3v) is 3.44. The monoisotopic (exact) mass is 247 g/mol. The molecule has 1 aromatic rings. The number of carbonyl (C=O) groups excluding carboxylic acids is 1. The molecule has 0 N–H and O–H groups in total. The van der Waals surface area contributed by atoms with Crippen LogP contribution in [0.1, 0.15) is 31.7 Å². The highest BCUT2D eigenvalue weighted by atomic mass is 16.5. The Morgan fingerprint density at radius 1 is 1.39 bits per heavy atom. The van der Waals surface area contributed by atoms with Crippen molar-refractivity contribution in [2.24, 2.45) is 0 Å². The number of ether oxygens (including phenoxy) is 1. The van der Waals surface area contributed by atoms with E-state index in [0.29, 0.717) is 19.1 Å². The van der Waals surface area contributed by atoms with Crippen LogP contribution in [0.5, 0.6) is 0 Å². The van der Waals surface area contributed by atoms with Gasteiger partial charge in [-0.2, -0.15) is 0 Å². The summed E-state index contributed by atoms with van der Waals surface area (Å²) in [6.07, 6.45) is 2.81. The van der Waals surface area contributed by atoms with Crippen LogP contribution in [0.4, 0.5) is 0 Å². The highest BCUT2D eigenvalue weighted by Gasteiger charge is 2.26. The van der Waals surface area contributed by atoms with Crippen LogP contribution < -0.4 is 0 Å². The van der Waals surface area contributed by atoms with Gasteiger partial charge in [-0.15, -0.1) is 0 Å². The lowest BCUT2D eigenvalue weighted by atomic mass is 10.1. The lowest BCUT2D eigenvalue weighted by molar-refractivity contribution is -0.144. The van der Waals surface area contributed by atoms with E-state index in [2.05, 4.69) is 29.2 Å². The van der Waals surface area contributed by atoms with Crippen molar-refractivity contribution in [2.75, 3.05) is 13.2 Å². The summed E-state index contributed by atoms with van der Waals surface area (Å²) in [4.78, 5) is 13.9. The zero-order chi connectivity index (χ0) is 12.8. The number of benzene rings is 1. The van der Waals surface area contributed by atoms with Gasteiger partial charge in [0.25, 0.3) is 0 Å². The van der Waals surface area contributed by atoms with E-state index in [1.807, 2.05) is 13.0 Å². The zero-order valence-electron chi connectivity index (χ0n) is 11.0. The van der Waals surface area contributed by atoms with Crippen LogP contribution in [0.15, 0.2) is 30.3 Å². The van der Waals surface area contributed by atoms with Gasteiger partial charge < -0.3 is 4.74 Å². The first-order chi connectivity index (χ1) is 8.79. The van der Waals surface area contributed by atoms with Crippen LogP contribution in [0.3, 0.4) is 0 Å². The molecule has 0 unspecified atom stereocenters. The van der Waals surface area contributed by atoms with Crippen LogP contribution >= 0.6 is 0 Å². The van der Waals surface area contributed by atoms with Gasteiger partial charge >= 0.3 is 5.97 Å². The molecular formula is C15H21NO2. The van der Waals surface area contributed by atoms with Crippen molar-refractivity contribution in [3.63, 3.8) is 0 Å². The van der Waals surface area contributed by atoms with Crippen molar-refractivity contribution in [1.82, 2.24) is 4.90 Å². The lowest BCUT2D eigenvalue weighted by Gasteiger charge is -2.23. The summed E-state index contributed by atoms with van der Waals surface area (Å²) in [5.41, 5.74) is 1.31. The Balaban J connectivity index is 1.89. The molecule has 0 bridgehead atoms. The average molecular weight is 247 g/mol. The molecule has 1 aromatic carbocycles. The van der Waals surface area contributed by atoms with Crippen molar-refractivity contribution in [2.45, 2.75) is 38.8 Å². The SMILES string of the molecule is CCOC(=O)C[C@H]1CCCN1Cc1ccccc1. The topological polar surface area (TPSA) is 29.5 Å². The zero-order valence-corrected chi connectivity index (χ0v) is 11.0. The van der Waals surface area contributed by atoms with E-state index in [1.165, 1.54) is 12.0 Å². The fraction of sp³-hybridized carbons (Fsp3) is 0.533. The fourth-order valence-corrected chi connectivity index (χ4v) is 2.56. The van der Waals surface area contributed by atoms with Crippen molar-refractivity contribution in [3.8, 4) is 0 Å². The Labute approximate surface area is 109 Å². The van der Waals surface area contributed by atoms with E-state index in [4.69, 9.17) is 4.74 Å². The number of nitrogens with zero attached hydrogens (tertiary/aromatic N) is 1. The maximum atomic E-state index is 11.5. The molecule has 18 heavy (non-hydrogen) atoms. The molecule has 0 saturated carbocycles. The van der Waals surface area contributed by atoms with E-state index in [0.717, 1.165) is 19.5 Å². The Hall–Kier alpha value is -1.35. The quantitative estimate of drug-likeness (QED) is 0.749. The largest absolute Gasteiger partial charge is 0.466 e. The van der Waals surface area contributed by atoms with Crippen molar-refractivity contribution in [3.05, 3.63) is 35.9 Å². The van der Waals surface area contributed by atoms with Crippen LogP contribution in [0, 0.1) is 0 Å². The Morgan fingerprint density at radius 3 is 2.89 bits per heavy atom. The second-order valence-electron chi connectivity index (χ2n) is 4.76. The minimum absolute atomic E-state index is 0.0672. The fourth-order valence-electron chi connectivity index (χ4n) is 2.56. The number of rotatable bonds is 5. The molecule has 0 radical (unpaired) electrons. The summed E-state index contributed by atoms with van der Waals surface area (Å²) >= 11 is 0. The van der Waals surface area contributed by atoms with E-state index in [1.54, 1.807) is 0 Å². The normalized spacial score (nSPS) is 19.9. The molecule has 3 heteroatoms. The summed E-state index contributed by atoms with van der Waals surface area (Å²) in [7, 11) is 0. The average Bonchev–Trinajstić information content (AvgIpc) is 2.78. The lowest BCUT2D eigenvalue weighted by Crippen LogP contribution is -2.31. The first kappa shape index (κ1) is 13.1. The smallest absolute Gasteiger partial charge is 0.307 e. The predicted molar refractivity (Wildman–Crippen MR) is 71.1 cm³/mol. The number of hydrogen-bond donors (Lipinski definition) is 0. The summed E-state index contributed by atoms with van der Waals surface area (Å²) in [6.45, 7) is 4.35. The van der Waals surface area contributed by atoms with Crippen LogP contribution in [-0.2, 0) is 16.1 Å². The number of likely N-dealkylation sites (tertiary alicyclic amines) is 1. The molecule has 1 fully saturated rings. The minimum Gasteiger partial charge on any atom is -0.466 e. The molecule has 3 nitrogen and oxygen atoms in total. The Morgan fingerprint density at radius 2 is 2.17 bits per heavy atom. The molecule has 0 amide bonds. The van der Waals surface area contributed by atoms with E-state index in [-0.39, 0.29) is 5.97 Å². The summed E-state index contributed by atoms with van der Waals surface area (Å²) in [5, 5.41) is 0. The van der Waals surface area contributed by atoms with Gasteiger partial charge in [0, 0.05) is 12.6 Å². The molecule has 2 rings (SSSR count). The second-order valence-corrected chi connectivity index (χ2v) is 4.76. The van der Waals surface area contributed by atoms with Gasteiger partial charge in [0.05, 0.1) is 13.0 Å². The molecule has 1 aliphatic rings. The predicted octanol–water partition coefficient (Wildman–Crippen LogP) is 2.60. The van der Waals surface area contributed by atoms with Crippen molar-refractivity contribution >= 4 is 5.97 Å². The van der Waals surface area contributed by atoms with Crippen LogP contribution in [0.25, 0.3) is 0 Å². The Kier molecular flexibility index (Phi) is 4.76. The van der Waals surface area contributed by atoms with E-state index in [9.17, 15) is 4.79 Å². The molecule has 0 aromatic heterocycles. The van der Waals surface area contributed by atoms with Gasteiger partial charge in [0.1, 0.15) is 0 Å². The van der Waals surface area contributed by atoms with E-state index >= 15 is 0 Å². The molecule has 1 heterocycles. The van der Waals surface area contributed by atoms with Crippen molar-refractivity contribution in [1.29, 1.82) is 0 Å². The van der Waals surface area contributed by atoms with E-state index < -0.39 is 0 Å². The van der Waals surface area contributed by atoms with Gasteiger partial charge in [0.15, 0.2) is 0 Å². The summed E-state index contributed by atoms with van der Waals surface area (Å²) in [6, 6.07) is 10.8. The van der Waals surface area contributed by atoms with Gasteiger partial charge in [-0.05, 0) is 31.9 Å². The summed E-state index contributed by atoms with van der Waals surface area (Å²) < 4.78 is 5.04. The first-order valence-electron chi connectivity index (χ1n) is 6.73. The number of hydrogen-bond acceptors (Lipinski definition) is 3. The number of carbonyl (C=O) groups is 1. The minimum atomic E-state index is -0.0672. The van der Waals surface area contributed by atoms with Gasteiger partial charge in [-0.25, -0.2) is 0 Å². The first-order valence-corrected chi connectivity index (χ1v) is 6.73. The van der Waals surface area contributed by atoms with Crippen LogP contribution in [0.2, 0.25) is 0 Å². The molecule has 1 atom stereocenters. The molecule has 0 aliphatic carbocycles. The molecule has 0 spiro atoms. The maximum absolute atomic E-state index is 11.5. The highest BCUT2D eigenvalue weighted by Crippen LogP contribution is 2.22. The van der Waals surface area contributed by atoms with Gasteiger partial charge in [0.2, 0.25) is 0 Å². The standard InChI is InChI=1S/C15H21NO2/c1-2-18-15(17)11-14-9-6-10-16(14)12-13-7-4-3-5-8-13/h3-5,7-8,14H,2,6,9-12H2,1H3/t14-/m1/s1. The molecule has 1 aliphatic heterocycles. The maximum Gasteiger partial charge on any atom is 0.307 e. The van der Waals surface area contributed by atoms with Crippen molar-refractivity contribution < 1.29 is 9.53 Å². The third kappa shape index (κ3) is 3.57. The molecular weight excluding hydrogens is 226 g/mol. The highest BCUT2D eigenvalue weighted by molar-refractivity contribution is 5.70. The Bertz CT molecular complexity index is 377. The van der Waals surface area contributed by atoms with Crippen LogP contribution in [-0.4, -0.2) is 30.1 Å². The number of esters is 1. The molecule has 1 saturated heterocycles. The van der Waals surface area contributed by atoms with Gasteiger partial charge in [-0.1, -0.05) is 30.3 Å². The molecule has 98 valence electrons. The second kappa shape index (κ2) is 6.55. The summed E-state index contributed by atoms with van der Waals surface area (Å²) in [5.74, 6) is -0.0672. The third-order valence-electron chi connectivity index (χ3n) is 3.44. The van der Waals surface area contributed by atoms with Gasteiger partial charge in [-0.3, -0.25) is 9.69 Å².